The number of carbonyl (C=O) groups excluding carboxylic acids is 1. The van der Waals surface area contributed by atoms with Gasteiger partial charge in [0.25, 0.3) is 5.91 Å². The average molecular weight is 294 g/mol. The van der Waals surface area contributed by atoms with Crippen molar-refractivity contribution in [3.8, 4) is 0 Å². The van der Waals surface area contributed by atoms with Crippen molar-refractivity contribution in [2.45, 2.75) is 19.5 Å². The van der Waals surface area contributed by atoms with E-state index in [1.807, 2.05) is 48.6 Å². The maximum atomic E-state index is 11.8. The van der Waals surface area contributed by atoms with Crippen LogP contribution < -0.4 is 10.6 Å². The van der Waals surface area contributed by atoms with Gasteiger partial charge in [0.2, 0.25) is 0 Å². The van der Waals surface area contributed by atoms with E-state index in [9.17, 15) is 4.79 Å². The van der Waals surface area contributed by atoms with Gasteiger partial charge in [0.1, 0.15) is 6.04 Å². The molecule has 0 saturated carbocycles. The SMILES string of the molecule is C[C@H]([NH2+]CC(=O)NCc1cccc(Cl)c1)c1ccco1. The molecule has 4 nitrogen and oxygen atoms in total. The number of hydrogen-bond acceptors (Lipinski definition) is 2. The minimum atomic E-state index is -0.0108. The van der Waals surface area contributed by atoms with Crippen LogP contribution in [-0.4, -0.2) is 12.5 Å². The minimum absolute atomic E-state index is 0.0108. The van der Waals surface area contributed by atoms with E-state index in [1.54, 1.807) is 6.26 Å². The molecule has 1 atom stereocenters. The predicted molar refractivity (Wildman–Crippen MR) is 77.2 cm³/mol. The Morgan fingerprint density at radius 3 is 2.95 bits per heavy atom. The molecular formula is C15H18ClN2O2+. The first-order valence-corrected chi connectivity index (χ1v) is 6.91. The monoisotopic (exact) mass is 293 g/mol. The van der Waals surface area contributed by atoms with Crippen LogP contribution in [0.4, 0.5) is 0 Å². The number of rotatable bonds is 6. The first-order valence-electron chi connectivity index (χ1n) is 6.53. The van der Waals surface area contributed by atoms with Crippen LogP contribution in [-0.2, 0) is 11.3 Å². The summed E-state index contributed by atoms with van der Waals surface area (Å²) in [4.78, 5) is 11.8. The molecule has 0 saturated heterocycles. The third-order valence-corrected chi connectivity index (χ3v) is 3.26. The number of carbonyl (C=O) groups is 1. The van der Waals surface area contributed by atoms with Crippen LogP contribution in [0, 0.1) is 0 Å². The first kappa shape index (κ1) is 14.6. The van der Waals surface area contributed by atoms with Crippen molar-refractivity contribution < 1.29 is 14.5 Å². The second-order valence-corrected chi connectivity index (χ2v) is 5.09. The lowest BCUT2D eigenvalue weighted by atomic mass is 10.2. The second kappa shape index (κ2) is 7.12. The van der Waals surface area contributed by atoms with Gasteiger partial charge >= 0.3 is 0 Å². The Hall–Kier alpha value is -1.78. The third kappa shape index (κ3) is 4.40. The molecule has 0 unspecified atom stereocenters. The third-order valence-electron chi connectivity index (χ3n) is 3.03. The molecule has 0 aliphatic heterocycles. The largest absolute Gasteiger partial charge is 0.463 e. The topological polar surface area (TPSA) is 58.9 Å². The van der Waals surface area contributed by atoms with E-state index in [4.69, 9.17) is 16.0 Å². The lowest BCUT2D eigenvalue weighted by Crippen LogP contribution is -2.86. The van der Waals surface area contributed by atoms with Crippen LogP contribution in [0.5, 0.6) is 0 Å². The molecule has 106 valence electrons. The smallest absolute Gasteiger partial charge is 0.275 e. The summed E-state index contributed by atoms with van der Waals surface area (Å²) < 4.78 is 5.29. The molecule has 20 heavy (non-hydrogen) atoms. The maximum Gasteiger partial charge on any atom is 0.275 e. The molecule has 0 spiro atoms. The number of quaternary nitrogens is 1. The summed E-state index contributed by atoms with van der Waals surface area (Å²) >= 11 is 5.89. The Kier molecular flexibility index (Phi) is 5.21. The van der Waals surface area contributed by atoms with Crippen molar-refractivity contribution >= 4 is 17.5 Å². The summed E-state index contributed by atoms with van der Waals surface area (Å²) in [7, 11) is 0. The van der Waals surface area contributed by atoms with Crippen LogP contribution in [0.3, 0.4) is 0 Å². The second-order valence-electron chi connectivity index (χ2n) is 4.65. The number of nitrogens with two attached hydrogens (primary N) is 1. The summed E-state index contributed by atoms with van der Waals surface area (Å²) in [5.41, 5.74) is 0.991. The zero-order valence-electron chi connectivity index (χ0n) is 11.3. The molecule has 5 heteroatoms. The van der Waals surface area contributed by atoms with Gasteiger partial charge in [0.15, 0.2) is 12.3 Å². The summed E-state index contributed by atoms with van der Waals surface area (Å²) in [6, 6.07) is 11.3. The lowest BCUT2D eigenvalue weighted by Gasteiger charge is -2.08. The summed E-state index contributed by atoms with van der Waals surface area (Å²) in [6.07, 6.45) is 1.64. The fourth-order valence-electron chi connectivity index (χ4n) is 1.87. The Labute approximate surface area is 123 Å². The van der Waals surface area contributed by atoms with Crippen molar-refractivity contribution in [1.29, 1.82) is 0 Å². The van der Waals surface area contributed by atoms with Gasteiger partial charge < -0.3 is 15.1 Å². The molecule has 1 aromatic carbocycles. The Morgan fingerprint density at radius 1 is 1.40 bits per heavy atom. The zero-order valence-corrected chi connectivity index (χ0v) is 12.1. The fourth-order valence-corrected chi connectivity index (χ4v) is 2.08. The van der Waals surface area contributed by atoms with Crippen LogP contribution in [0.15, 0.2) is 47.1 Å². The Morgan fingerprint density at radius 2 is 2.25 bits per heavy atom. The standard InChI is InChI=1S/C15H17ClN2O2/c1-11(14-6-3-7-20-14)17-10-15(19)18-9-12-4-2-5-13(16)8-12/h2-8,11,17H,9-10H2,1H3,(H,18,19)/p+1/t11-/m0/s1. The van der Waals surface area contributed by atoms with E-state index in [0.717, 1.165) is 11.3 Å². The fraction of sp³-hybridized carbons (Fsp3) is 0.267. The van der Waals surface area contributed by atoms with Crippen LogP contribution >= 0.6 is 11.6 Å². The van der Waals surface area contributed by atoms with Crippen molar-refractivity contribution in [2.24, 2.45) is 0 Å². The van der Waals surface area contributed by atoms with E-state index >= 15 is 0 Å². The van der Waals surface area contributed by atoms with Gasteiger partial charge in [-0.15, -0.1) is 0 Å². The molecule has 0 fully saturated rings. The highest BCUT2D eigenvalue weighted by atomic mass is 35.5. The molecule has 0 radical (unpaired) electrons. The van der Waals surface area contributed by atoms with Crippen LogP contribution in [0.1, 0.15) is 24.3 Å². The number of hydrogen-bond donors (Lipinski definition) is 2. The number of nitrogens with one attached hydrogen (secondary N) is 1. The van der Waals surface area contributed by atoms with Crippen molar-refractivity contribution in [3.05, 3.63) is 59.0 Å². The van der Waals surface area contributed by atoms with Crippen LogP contribution in [0.2, 0.25) is 5.02 Å². The van der Waals surface area contributed by atoms with Crippen molar-refractivity contribution in [1.82, 2.24) is 5.32 Å². The zero-order chi connectivity index (χ0) is 14.4. The molecule has 2 aromatic rings. The highest BCUT2D eigenvalue weighted by molar-refractivity contribution is 6.30. The highest BCUT2D eigenvalue weighted by Gasteiger charge is 2.13. The van der Waals surface area contributed by atoms with Gasteiger partial charge in [-0.3, -0.25) is 4.79 Å². The van der Waals surface area contributed by atoms with Crippen molar-refractivity contribution in [2.75, 3.05) is 6.54 Å². The maximum absolute atomic E-state index is 11.8. The number of amides is 1. The van der Waals surface area contributed by atoms with Crippen LogP contribution in [0.25, 0.3) is 0 Å². The van der Waals surface area contributed by atoms with E-state index in [2.05, 4.69) is 5.32 Å². The highest BCUT2D eigenvalue weighted by Crippen LogP contribution is 2.10. The van der Waals surface area contributed by atoms with Gasteiger partial charge in [-0.05, 0) is 36.8 Å². The van der Waals surface area contributed by atoms with E-state index in [0.29, 0.717) is 18.1 Å². The van der Waals surface area contributed by atoms with Gasteiger partial charge in [0.05, 0.1) is 6.26 Å². The van der Waals surface area contributed by atoms with E-state index in [-0.39, 0.29) is 11.9 Å². The molecule has 0 aliphatic carbocycles. The van der Waals surface area contributed by atoms with Gasteiger partial charge in [-0.2, -0.15) is 0 Å². The van der Waals surface area contributed by atoms with E-state index in [1.165, 1.54) is 0 Å². The molecular weight excluding hydrogens is 276 g/mol. The number of benzene rings is 1. The molecule has 2 rings (SSSR count). The molecule has 0 aliphatic rings. The quantitative estimate of drug-likeness (QED) is 0.854. The van der Waals surface area contributed by atoms with Gasteiger partial charge in [-0.25, -0.2) is 0 Å². The number of furan rings is 1. The lowest BCUT2D eigenvalue weighted by molar-refractivity contribution is -0.684. The van der Waals surface area contributed by atoms with E-state index < -0.39 is 0 Å². The predicted octanol–water partition coefficient (Wildman–Crippen LogP) is 1.87. The first-order chi connectivity index (χ1) is 9.65. The number of halogens is 1. The molecule has 1 heterocycles. The molecule has 1 amide bonds. The molecule has 0 bridgehead atoms. The van der Waals surface area contributed by atoms with Gasteiger partial charge in [-0.1, -0.05) is 23.7 Å². The minimum Gasteiger partial charge on any atom is -0.463 e. The Balaban J connectivity index is 1.73. The molecule has 3 N–H and O–H groups in total. The summed E-state index contributed by atoms with van der Waals surface area (Å²) in [6.45, 7) is 2.86. The summed E-state index contributed by atoms with van der Waals surface area (Å²) in [5, 5.41) is 5.48. The summed E-state index contributed by atoms with van der Waals surface area (Å²) in [5.74, 6) is 0.857. The van der Waals surface area contributed by atoms with Crippen molar-refractivity contribution in [3.63, 3.8) is 0 Å². The molecule has 1 aromatic heterocycles. The normalized spacial score (nSPS) is 12.1. The van der Waals surface area contributed by atoms with Gasteiger partial charge in [0, 0.05) is 11.6 Å². The Bertz CT molecular complexity index is 555. The average Bonchev–Trinajstić information content (AvgIpc) is 2.97.